The fourth-order valence-corrected chi connectivity index (χ4v) is 3.24. The second-order valence-electron chi connectivity index (χ2n) is 6.86. The molecule has 0 bridgehead atoms. The summed E-state index contributed by atoms with van der Waals surface area (Å²) in [6.45, 7) is 7.97. The SMILES string of the molecule is CCNC(=O)[C@@H](C)N(Cc1ccc(Cl)cc1Cl)C(=O)COc1ccc(C)c(C)c1. The minimum atomic E-state index is -0.683. The molecule has 1 atom stereocenters. The standard InChI is InChI=1S/C22H26Cl2N2O3/c1-5-25-22(28)16(4)26(12-17-7-8-18(23)11-20(17)24)21(27)13-29-19-9-6-14(2)15(3)10-19/h6-11,16H,5,12-13H2,1-4H3,(H,25,28)/t16-/m1/s1. The van der Waals surface area contributed by atoms with E-state index in [0.717, 1.165) is 11.1 Å². The third-order valence-electron chi connectivity index (χ3n) is 4.71. The Kier molecular flexibility index (Phi) is 8.35. The van der Waals surface area contributed by atoms with Crippen LogP contribution in [0, 0.1) is 13.8 Å². The summed E-state index contributed by atoms with van der Waals surface area (Å²) < 4.78 is 5.68. The summed E-state index contributed by atoms with van der Waals surface area (Å²) in [5.74, 6) is 0.0571. The summed E-state index contributed by atoms with van der Waals surface area (Å²) in [6, 6.07) is 10.0. The van der Waals surface area contributed by atoms with Crippen molar-refractivity contribution in [2.24, 2.45) is 0 Å². The van der Waals surface area contributed by atoms with Crippen LogP contribution in [0.3, 0.4) is 0 Å². The summed E-state index contributed by atoms with van der Waals surface area (Å²) >= 11 is 12.2. The van der Waals surface area contributed by atoms with Gasteiger partial charge in [0, 0.05) is 23.1 Å². The molecule has 1 N–H and O–H groups in total. The van der Waals surface area contributed by atoms with Gasteiger partial charge in [0.1, 0.15) is 11.8 Å². The fourth-order valence-electron chi connectivity index (χ4n) is 2.77. The van der Waals surface area contributed by atoms with Crippen LogP contribution in [0.2, 0.25) is 10.0 Å². The first-order chi connectivity index (χ1) is 13.7. The number of rotatable bonds is 8. The zero-order valence-electron chi connectivity index (χ0n) is 17.1. The highest BCUT2D eigenvalue weighted by Gasteiger charge is 2.26. The summed E-state index contributed by atoms with van der Waals surface area (Å²) in [5.41, 5.74) is 2.93. The Hall–Kier alpha value is -2.24. The smallest absolute Gasteiger partial charge is 0.261 e. The van der Waals surface area contributed by atoms with Crippen molar-refractivity contribution in [3.8, 4) is 5.75 Å². The number of benzene rings is 2. The number of hydrogen-bond donors (Lipinski definition) is 1. The molecule has 0 unspecified atom stereocenters. The molecule has 0 saturated carbocycles. The quantitative estimate of drug-likeness (QED) is 0.660. The maximum atomic E-state index is 13.0. The Balaban J connectivity index is 2.19. The van der Waals surface area contributed by atoms with Gasteiger partial charge in [0.25, 0.3) is 5.91 Å². The van der Waals surface area contributed by atoms with E-state index in [0.29, 0.717) is 27.9 Å². The van der Waals surface area contributed by atoms with E-state index in [1.165, 1.54) is 4.90 Å². The second-order valence-corrected chi connectivity index (χ2v) is 7.71. The molecule has 0 heterocycles. The highest BCUT2D eigenvalue weighted by molar-refractivity contribution is 6.35. The van der Waals surface area contributed by atoms with Crippen molar-refractivity contribution in [1.82, 2.24) is 10.2 Å². The predicted molar refractivity (Wildman–Crippen MR) is 117 cm³/mol. The maximum Gasteiger partial charge on any atom is 0.261 e. The Bertz CT molecular complexity index is 886. The first-order valence-corrected chi connectivity index (χ1v) is 10.2. The van der Waals surface area contributed by atoms with Crippen LogP contribution < -0.4 is 10.1 Å². The minimum Gasteiger partial charge on any atom is -0.484 e. The van der Waals surface area contributed by atoms with E-state index < -0.39 is 6.04 Å². The lowest BCUT2D eigenvalue weighted by molar-refractivity contribution is -0.142. The van der Waals surface area contributed by atoms with Crippen molar-refractivity contribution >= 4 is 35.0 Å². The van der Waals surface area contributed by atoms with Crippen molar-refractivity contribution in [3.63, 3.8) is 0 Å². The number of nitrogens with zero attached hydrogens (tertiary/aromatic N) is 1. The summed E-state index contributed by atoms with van der Waals surface area (Å²) in [4.78, 5) is 26.8. The third-order valence-corrected chi connectivity index (χ3v) is 5.30. The molecule has 0 aliphatic heterocycles. The van der Waals surface area contributed by atoms with Gasteiger partial charge in [-0.25, -0.2) is 0 Å². The molecule has 2 rings (SSSR count). The largest absolute Gasteiger partial charge is 0.484 e. The minimum absolute atomic E-state index is 0.170. The van der Waals surface area contributed by atoms with Gasteiger partial charge in [-0.1, -0.05) is 35.3 Å². The van der Waals surface area contributed by atoms with E-state index in [-0.39, 0.29) is 25.0 Å². The fraction of sp³-hybridized carbons (Fsp3) is 0.364. The number of aryl methyl sites for hydroxylation is 2. The van der Waals surface area contributed by atoms with Gasteiger partial charge in [-0.15, -0.1) is 0 Å². The molecule has 2 amide bonds. The zero-order chi connectivity index (χ0) is 21.6. The number of carbonyl (C=O) groups excluding carboxylic acids is 2. The van der Waals surface area contributed by atoms with E-state index in [1.54, 1.807) is 25.1 Å². The molecule has 5 nitrogen and oxygen atoms in total. The van der Waals surface area contributed by atoms with Gasteiger partial charge < -0.3 is 15.0 Å². The van der Waals surface area contributed by atoms with Crippen LogP contribution in [-0.2, 0) is 16.1 Å². The van der Waals surface area contributed by atoms with Crippen molar-refractivity contribution in [2.45, 2.75) is 40.3 Å². The summed E-state index contributed by atoms with van der Waals surface area (Å²) in [5, 5.41) is 3.69. The zero-order valence-corrected chi connectivity index (χ0v) is 18.6. The second kappa shape index (κ2) is 10.5. The van der Waals surface area contributed by atoms with Gasteiger partial charge in [0.15, 0.2) is 6.61 Å². The highest BCUT2D eigenvalue weighted by Crippen LogP contribution is 2.23. The maximum absolute atomic E-state index is 13.0. The molecule has 0 aliphatic rings. The van der Waals surface area contributed by atoms with Gasteiger partial charge >= 0.3 is 0 Å². The van der Waals surface area contributed by atoms with Gasteiger partial charge in [-0.05, 0) is 68.7 Å². The van der Waals surface area contributed by atoms with Crippen LogP contribution >= 0.6 is 23.2 Å². The third kappa shape index (κ3) is 6.38. The van der Waals surface area contributed by atoms with Crippen LogP contribution in [0.1, 0.15) is 30.5 Å². The van der Waals surface area contributed by atoms with Crippen LogP contribution in [0.4, 0.5) is 0 Å². The lowest BCUT2D eigenvalue weighted by atomic mass is 10.1. The van der Waals surface area contributed by atoms with E-state index in [2.05, 4.69) is 5.32 Å². The van der Waals surface area contributed by atoms with Crippen LogP contribution in [0.15, 0.2) is 36.4 Å². The molecule has 7 heteroatoms. The molecule has 2 aromatic rings. The molecule has 29 heavy (non-hydrogen) atoms. The molecule has 156 valence electrons. The van der Waals surface area contributed by atoms with Crippen molar-refractivity contribution in [1.29, 1.82) is 0 Å². The molecular weight excluding hydrogens is 411 g/mol. The molecule has 0 aromatic heterocycles. The van der Waals surface area contributed by atoms with E-state index in [1.807, 2.05) is 39.0 Å². The summed E-state index contributed by atoms with van der Waals surface area (Å²) in [6.07, 6.45) is 0. The topological polar surface area (TPSA) is 58.6 Å². The van der Waals surface area contributed by atoms with Crippen LogP contribution in [0.5, 0.6) is 5.75 Å². The van der Waals surface area contributed by atoms with Gasteiger partial charge in [-0.2, -0.15) is 0 Å². The van der Waals surface area contributed by atoms with Crippen LogP contribution in [0.25, 0.3) is 0 Å². The van der Waals surface area contributed by atoms with E-state index in [9.17, 15) is 9.59 Å². The summed E-state index contributed by atoms with van der Waals surface area (Å²) in [7, 11) is 0. The van der Waals surface area contributed by atoms with Crippen molar-refractivity contribution in [3.05, 3.63) is 63.1 Å². The molecule has 2 aromatic carbocycles. The normalized spacial score (nSPS) is 11.7. The number of halogens is 2. The van der Waals surface area contributed by atoms with Gasteiger partial charge in [-0.3, -0.25) is 9.59 Å². The molecule has 0 fully saturated rings. The monoisotopic (exact) mass is 436 g/mol. The van der Waals surface area contributed by atoms with E-state index in [4.69, 9.17) is 27.9 Å². The Morgan fingerprint density at radius 1 is 1.10 bits per heavy atom. The van der Waals surface area contributed by atoms with E-state index >= 15 is 0 Å². The van der Waals surface area contributed by atoms with Gasteiger partial charge in [0.05, 0.1) is 0 Å². The Morgan fingerprint density at radius 3 is 2.45 bits per heavy atom. The van der Waals surface area contributed by atoms with Crippen LogP contribution in [-0.4, -0.2) is 35.9 Å². The highest BCUT2D eigenvalue weighted by atomic mass is 35.5. The van der Waals surface area contributed by atoms with Crippen molar-refractivity contribution in [2.75, 3.05) is 13.2 Å². The molecule has 0 saturated heterocycles. The number of nitrogens with one attached hydrogen (secondary N) is 1. The number of likely N-dealkylation sites (N-methyl/N-ethyl adjacent to an activating group) is 1. The number of amides is 2. The first kappa shape index (κ1) is 23.0. The average molecular weight is 437 g/mol. The Morgan fingerprint density at radius 2 is 1.83 bits per heavy atom. The lowest BCUT2D eigenvalue weighted by Crippen LogP contribution is -2.49. The lowest BCUT2D eigenvalue weighted by Gasteiger charge is -2.29. The first-order valence-electron chi connectivity index (χ1n) is 9.44. The number of ether oxygens (including phenoxy) is 1. The molecule has 0 aliphatic carbocycles. The van der Waals surface area contributed by atoms with Gasteiger partial charge in [0.2, 0.25) is 5.91 Å². The molecule has 0 spiro atoms. The predicted octanol–water partition coefficient (Wildman–Crippen LogP) is 4.54. The molecular formula is C22H26Cl2N2O3. The van der Waals surface area contributed by atoms with Crippen molar-refractivity contribution < 1.29 is 14.3 Å². The Labute approximate surface area is 181 Å². The number of carbonyl (C=O) groups is 2. The number of hydrogen-bond acceptors (Lipinski definition) is 3. The molecule has 0 radical (unpaired) electrons. The average Bonchev–Trinajstić information content (AvgIpc) is 2.67.